The van der Waals surface area contributed by atoms with E-state index in [9.17, 15) is 14.0 Å². The average molecular weight is 373 g/mol. The number of hydrogen-bond donors (Lipinski definition) is 3. The summed E-state index contributed by atoms with van der Waals surface area (Å²) in [6.07, 6.45) is -0.676. The Kier molecular flexibility index (Phi) is 7.31. The van der Waals surface area contributed by atoms with E-state index < -0.39 is 6.10 Å². The average Bonchev–Trinajstić information content (AvgIpc) is 2.62. The van der Waals surface area contributed by atoms with E-state index in [4.69, 9.17) is 4.74 Å². The van der Waals surface area contributed by atoms with E-state index in [1.165, 1.54) is 12.1 Å². The van der Waals surface area contributed by atoms with Gasteiger partial charge in [0.2, 0.25) is 0 Å². The molecule has 3 amide bonds. The van der Waals surface area contributed by atoms with Crippen LogP contribution in [0, 0.1) is 5.82 Å². The van der Waals surface area contributed by atoms with Crippen molar-refractivity contribution in [3.63, 3.8) is 0 Å². The van der Waals surface area contributed by atoms with Gasteiger partial charge in [0, 0.05) is 17.4 Å². The summed E-state index contributed by atoms with van der Waals surface area (Å²) < 4.78 is 18.4. The number of benzene rings is 2. The van der Waals surface area contributed by atoms with Gasteiger partial charge >= 0.3 is 6.03 Å². The van der Waals surface area contributed by atoms with Crippen LogP contribution in [0.2, 0.25) is 0 Å². The summed E-state index contributed by atoms with van der Waals surface area (Å²) in [5.74, 6) is -0.612. The highest BCUT2D eigenvalue weighted by atomic mass is 19.1. The minimum absolute atomic E-state index is 0.0416. The third-order valence-corrected chi connectivity index (χ3v) is 3.61. The molecule has 7 heteroatoms. The summed E-state index contributed by atoms with van der Waals surface area (Å²) >= 11 is 0. The summed E-state index contributed by atoms with van der Waals surface area (Å²) in [7, 11) is 0. The molecule has 0 aliphatic carbocycles. The number of ether oxygens (including phenoxy) is 1. The summed E-state index contributed by atoms with van der Waals surface area (Å²) in [4.78, 5) is 23.8. The molecule has 0 heterocycles. The molecule has 2 aromatic carbocycles. The first-order valence-corrected chi connectivity index (χ1v) is 8.68. The van der Waals surface area contributed by atoms with Crippen molar-refractivity contribution >= 4 is 23.3 Å². The number of amides is 3. The van der Waals surface area contributed by atoms with Gasteiger partial charge in [-0.05, 0) is 62.7 Å². The number of rotatable bonds is 7. The molecule has 6 nitrogen and oxygen atoms in total. The van der Waals surface area contributed by atoms with Gasteiger partial charge in [-0.25, -0.2) is 9.18 Å². The van der Waals surface area contributed by atoms with Crippen molar-refractivity contribution in [2.75, 3.05) is 10.6 Å². The molecule has 0 radical (unpaired) electrons. The third kappa shape index (κ3) is 7.07. The molecule has 0 spiro atoms. The zero-order valence-corrected chi connectivity index (χ0v) is 15.6. The van der Waals surface area contributed by atoms with Gasteiger partial charge in [-0.2, -0.15) is 0 Å². The Morgan fingerprint density at radius 1 is 0.926 bits per heavy atom. The fraction of sp³-hybridized carbons (Fsp3) is 0.300. The van der Waals surface area contributed by atoms with Crippen molar-refractivity contribution in [3.05, 3.63) is 59.9 Å². The molecule has 0 saturated carbocycles. The second-order valence-corrected chi connectivity index (χ2v) is 6.40. The molecular formula is C20H24FN3O3. The topological polar surface area (TPSA) is 79.5 Å². The van der Waals surface area contributed by atoms with Crippen LogP contribution >= 0.6 is 0 Å². The maximum atomic E-state index is 12.9. The lowest BCUT2D eigenvalue weighted by molar-refractivity contribution is -0.127. The van der Waals surface area contributed by atoms with E-state index in [0.717, 1.165) is 5.56 Å². The van der Waals surface area contributed by atoms with Crippen molar-refractivity contribution in [3.8, 4) is 0 Å². The number of urea groups is 1. The van der Waals surface area contributed by atoms with Crippen LogP contribution in [-0.2, 0) is 16.1 Å². The zero-order chi connectivity index (χ0) is 19.8. The Hall–Kier alpha value is -2.93. The van der Waals surface area contributed by atoms with Gasteiger partial charge in [0.1, 0.15) is 11.9 Å². The van der Waals surface area contributed by atoms with Gasteiger partial charge in [-0.1, -0.05) is 12.1 Å². The largest absolute Gasteiger partial charge is 0.364 e. The molecule has 1 unspecified atom stereocenters. The fourth-order valence-electron chi connectivity index (χ4n) is 2.19. The SMILES string of the molecule is CC(C)NC(=O)Nc1ccc(NC(=O)C(C)OCc2ccc(F)cc2)cc1. The highest BCUT2D eigenvalue weighted by molar-refractivity contribution is 5.94. The highest BCUT2D eigenvalue weighted by Crippen LogP contribution is 2.14. The Bertz CT molecular complexity index is 761. The molecule has 27 heavy (non-hydrogen) atoms. The lowest BCUT2D eigenvalue weighted by Crippen LogP contribution is -2.34. The minimum Gasteiger partial charge on any atom is -0.364 e. The Morgan fingerprint density at radius 2 is 1.48 bits per heavy atom. The lowest BCUT2D eigenvalue weighted by Gasteiger charge is -2.14. The standard InChI is InChI=1S/C20H24FN3O3/c1-13(2)22-20(26)24-18-10-8-17(9-11-18)23-19(25)14(3)27-12-15-4-6-16(21)7-5-15/h4-11,13-14H,12H2,1-3H3,(H,23,25)(H2,22,24,26). The van der Waals surface area contributed by atoms with Gasteiger partial charge in [0.25, 0.3) is 5.91 Å². The Balaban J connectivity index is 1.82. The van der Waals surface area contributed by atoms with Crippen molar-refractivity contribution in [2.24, 2.45) is 0 Å². The molecule has 0 aliphatic heterocycles. The normalized spacial score (nSPS) is 11.7. The summed E-state index contributed by atoms with van der Waals surface area (Å²) in [6.45, 7) is 5.60. The molecule has 0 aliphatic rings. The quantitative estimate of drug-likeness (QED) is 0.689. The number of halogens is 1. The number of anilines is 2. The summed E-state index contributed by atoms with van der Waals surface area (Å²) in [5, 5.41) is 8.18. The Morgan fingerprint density at radius 3 is 2.04 bits per heavy atom. The van der Waals surface area contributed by atoms with E-state index in [1.807, 2.05) is 13.8 Å². The van der Waals surface area contributed by atoms with Crippen LogP contribution in [-0.4, -0.2) is 24.1 Å². The van der Waals surface area contributed by atoms with Crippen LogP contribution in [0.4, 0.5) is 20.6 Å². The van der Waals surface area contributed by atoms with Crippen LogP contribution < -0.4 is 16.0 Å². The van der Waals surface area contributed by atoms with E-state index in [2.05, 4.69) is 16.0 Å². The van der Waals surface area contributed by atoms with E-state index >= 15 is 0 Å². The number of nitrogens with one attached hydrogen (secondary N) is 3. The smallest absolute Gasteiger partial charge is 0.319 e. The third-order valence-electron chi connectivity index (χ3n) is 3.61. The molecular weight excluding hydrogens is 349 g/mol. The van der Waals surface area contributed by atoms with Crippen LogP contribution in [0.25, 0.3) is 0 Å². The fourth-order valence-corrected chi connectivity index (χ4v) is 2.19. The number of hydrogen-bond acceptors (Lipinski definition) is 3. The minimum atomic E-state index is -0.676. The first kappa shape index (κ1) is 20.4. The van der Waals surface area contributed by atoms with Gasteiger partial charge < -0.3 is 20.7 Å². The highest BCUT2D eigenvalue weighted by Gasteiger charge is 2.14. The molecule has 0 bridgehead atoms. The van der Waals surface area contributed by atoms with Crippen LogP contribution in [0.15, 0.2) is 48.5 Å². The van der Waals surface area contributed by atoms with Crippen LogP contribution in [0.5, 0.6) is 0 Å². The Labute approximate surface area is 158 Å². The van der Waals surface area contributed by atoms with E-state index in [1.54, 1.807) is 43.3 Å². The molecule has 0 aromatic heterocycles. The molecule has 3 N–H and O–H groups in total. The van der Waals surface area contributed by atoms with Gasteiger partial charge in [-0.3, -0.25) is 4.79 Å². The van der Waals surface area contributed by atoms with Gasteiger partial charge in [0.15, 0.2) is 0 Å². The second-order valence-electron chi connectivity index (χ2n) is 6.40. The molecule has 2 rings (SSSR count). The van der Waals surface area contributed by atoms with Gasteiger partial charge in [-0.15, -0.1) is 0 Å². The maximum Gasteiger partial charge on any atom is 0.319 e. The zero-order valence-electron chi connectivity index (χ0n) is 15.6. The molecule has 1 atom stereocenters. The summed E-state index contributed by atoms with van der Waals surface area (Å²) in [6, 6.07) is 12.4. The van der Waals surface area contributed by atoms with Gasteiger partial charge in [0.05, 0.1) is 6.61 Å². The predicted molar refractivity (Wildman–Crippen MR) is 103 cm³/mol. The van der Waals surface area contributed by atoms with E-state index in [0.29, 0.717) is 11.4 Å². The number of carbonyl (C=O) groups is 2. The van der Waals surface area contributed by atoms with Crippen molar-refractivity contribution in [2.45, 2.75) is 39.5 Å². The van der Waals surface area contributed by atoms with Crippen molar-refractivity contribution in [1.82, 2.24) is 5.32 Å². The van der Waals surface area contributed by atoms with Crippen molar-refractivity contribution in [1.29, 1.82) is 0 Å². The van der Waals surface area contributed by atoms with E-state index in [-0.39, 0.29) is 30.4 Å². The predicted octanol–water partition coefficient (Wildman–Crippen LogP) is 3.90. The monoisotopic (exact) mass is 373 g/mol. The molecule has 0 saturated heterocycles. The number of carbonyl (C=O) groups excluding carboxylic acids is 2. The van der Waals surface area contributed by atoms with Crippen molar-refractivity contribution < 1.29 is 18.7 Å². The summed E-state index contributed by atoms with van der Waals surface area (Å²) in [5.41, 5.74) is 1.99. The first-order valence-electron chi connectivity index (χ1n) is 8.68. The molecule has 144 valence electrons. The maximum absolute atomic E-state index is 12.9. The second kappa shape index (κ2) is 9.68. The van der Waals surface area contributed by atoms with Crippen LogP contribution in [0.1, 0.15) is 26.3 Å². The van der Waals surface area contributed by atoms with Crippen LogP contribution in [0.3, 0.4) is 0 Å². The first-order chi connectivity index (χ1) is 12.8. The molecule has 2 aromatic rings. The molecule has 0 fully saturated rings. The lowest BCUT2D eigenvalue weighted by atomic mass is 10.2.